The maximum atomic E-state index is 12.5. The van der Waals surface area contributed by atoms with Gasteiger partial charge in [-0.1, -0.05) is 37.6 Å². The number of aromatic nitrogens is 1. The van der Waals surface area contributed by atoms with Gasteiger partial charge in [-0.05, 0) is 47.9 Å². The summed E-state index contributed by atoms with van der Waals surface area (Å²) in [6, 6.07) is 13.3. The van der Waals surface area contributed by atoms with Gasteiger partial charge in [-0.15, -0.1) is 0 Å². The van der Waals surface area contributed by atoms with E-state index in [1.165, 1.54) is 6.07 Å². The number of pyridine rings is 1. The zero-order chi connectivity index (χ0) is 17.3. The van der Waals surface area contributed by atoms with Crippen LogP contribution in [0.3, 0.4) is 0 Å². The standard InChI is InChI=1S/C18H16ClNO3S/c1-12(2)13-5-7-14(8-6-13)24(21,22)23-17-10-9-16(19)15-4-3-11-20-18(15)17/h3-12H,1-2H3. The fourth-order valence-corrected chi connectivity index (χ4v) is 3.52. The largest absolute Gasteiger partial charge is 0.377 e. The predicted octanol–water partition coefficient (Wildman–Crippen LogP) is 4.78. The molecule has 0 saturated carbocycles. The van der Waals surface area contributed by atoms with Crippen LogP contribution in [0.5, 0.6) is 5.75 Å². The maximum Gasteiger partial charge on any atom is 0.339 e. The van der Waals surface area contributed by atoms with Crippen molar-refractivity contribution in [3.8, 4) is 5.75 Å². The molecule has 0 radical (unpaired) electrons. The van der Waals surface area contributed by atoms with Gasteiger partial charge in [0, 0.05) is 11.6 Å². The Balaban J connectivity index is 1.99. The zero-order valence-corrected chi connectivity index (χ0v) is 14.8. The summed E-state index contributed by atoms with van der Waals surface area (Å²) in [6.07, 6.45) is 1.57. The lowest BCUT2D eigenvalue weighted by atomic mass is 10.0. The van der Waals surface area contributed by atoms with E-state index in [0.717, 1.165) is 5.56 Å². The van der Waals surface area contributed by atoms with Crippen LogP contribution in [0, 0.1) is 0 Å². The molecule has 1 aromatic heterocycles. The van der Waals surface area contributed by atoms with Crippen LogP contribution < -0.4 is 4.18 Å². The quantitative estimate of drug-likeness (QED) is 0.627. The first kappa shape index (κ1) is 16.7. The summed E-state index contributed by atoms with van der Waals surface area (Å²) in [5.74, 6) is 0.481. The summed E-state index contributed by atoms with van der Waals surface area (Å²) in [6.45, 7) is 4.09. The number of rotatable bonds is 4. The van der Waals surface area contributed by atoms with Crippen LogP contribution in [0.1, 0.15) is 25.3 Å². The Hall–Kier alpha value is -2.11. The van der Waals surface area contributed by atoms with Crippen molar-refractivity contribution in [3.05, 3.63) is 65.3 Å². The molecule has 0 saturated heterocycles. The highest BCUT2D eigenvalue weighted by Crippen LogP contribution is 2.31. The van der Waals surface area contributed by atoms with E-state index in [4.69, 9.17) is 15.8 Å². The summed E-state index contributed by atoms with van der Waals surface area (Å²) >= 11 is 6.12. The highest BCUT2D eigenvalue weighted by atomic mass is 35.5. The number of hydrogen-bond acceptors (Lipinski definition) is 4. The minimum absolute atomic E-state index is 0.103. The molecule has 0 amide bonds. The van der Waals surface area contributed by atoms with Crippen molar-refractivity contribution in [2.75, 3.05) is 0 Å². The van der Waals surface area contributed by atoms with E-state index in [1.807, 2.05) is 13.8 Å². The molecule has 0 atom stereocenters. The lowest BCUT2D eigenvalue weighted by molar-refractivity contribution is 0.488. The Morgan fingerprint density at radius 1 is 1.04 bits per heavy atom. The number of fused-ring (bicyclic) bond motifs is 1. The Labute approximate surface area is 146 Å². The Kier molecular flexibility index (Phi) is 4.47. The summed E-state index contributed by atoms with van der Waals surface area (Å²) in [5, 5.41) is 1.13. The molecule has 6 heteroatoms. The van der Waals surface area contributed by atoms with Crippen molar-refractivity contribution in [1.29, 1.82) is 0 Å². The van der Waals surface area contributed by atoms with Crippen molar-refractivity contribution in [3.63, 3.8) is 0 Å². The maximum absolute atomic E-state index is 12.5. The molecule has 1 heterocycles. The van der Waals surface area contributed by atoms with Crippen molar-refractivity contribution < 1.29 is 12.6 Å². The van der Waals surface area contributed by atoms with Gasteiger partial charge >= 0.3 is 10.1 Å². The molecule has 24 heavy (non-hydrogen) atoms. The third kappa shape index (κ3) is 3.23. The number of halogens is 1. The molecule has 0 N–H and O–H groups in total. The molecule has 0 aliphatic rings. The van der Waals surface area contributed by atoms with E-state index in [-0.39, 0.29) is 10.6 Å². The van der Waals surface area contributed by atoms with Crippen LogP contribution in [-0.2, 0) is 10.1 Å². The van der Waals surface area contributed by atoms with E-state index < -0.39 is 10.1 Å². The van der Waals surface area contributed by atoms with Crippen molar-refractivity contribution in [2.24, 2.45) is 0 Å². The molecule has 0 aliphatic heterocycles. The summed E-state index contributed by atoms with van der Waals surface area (Å²) in [7, 11) is -3.94. The third-order valence-electron chi connectivity index (χ3n) is 3.71. The second kappa shape index (κ2) is 6.42. The molecule has 3 rings (SSSR count). The Morgan fingerprint density at radius 2 is 1.75 bits per heavy atom. The fourth-order valence-electron chi connectivity index (χ4n) is 2.36. The number of hydrogen-bond donors (Lipinski definition) is 0. The van der Waals surface area contributed by atoms with Crippen LogP contribution >= 0.6 is 11.6 Å². The van der Waals surface area contributed by atoms with Crippen LogP contribution in [0.15, 0.2) is 59.6 Å². The van der Waals surface area contributed by atoms with Gasteiger partial charge in [0.2, 0.25) is 0 Å². The molecule has 0 aliphatic carbocycles. The van der Waals surface area contributed by atoms with Gasteiger partial charge in [-0.3, -0.25) is 4.98 Å². The van der Waals surface area contributed by atoms with Crippen molar-refractivity contribution >= 4 is 32.6 Å². The molecule has 0 bridgehead atoms. The van der Waals surface area contributed by atoms with Crippen LogP contribution in [0.25, 0.3) is 10.9 Å². The normalized spacial score (nSPS) is 11.8. The number of benzene rings is 2. The average Bonchev–Trinajstić information content (AvgIpc) is 2.58. The van der Waals surface area contributed by atoms with Gasteiger partial charge in [-0.25, -0.2) is 0 Å². The number of nitrogens with zero attached hydrogens (tertiary/aromatic N) is 1. The first-order valence-corrected chi connectivity index (χ1v) is 9.25. The summed E-state index contributed by atoms with van der Waals surface area (Å²) in [5.41, 5.74) is 1.47. The highest BCUT2D eigenvalue weighted by Gasteiger charge is 2.19. The molecule has 2 aromatic carbocycles. The first-order valence-electron chi connectivity index (χ1n) is 7.46. The minimum Gasteiger partial charge on any atom is -0.377 e. The summed E-state index contributed by atoms with van der Waals surface area (Å²) in [4.78, 5) is 4.29. The van der Waals surface area contributed by atoms with E-state index in [0.29, 0.717) is 21.8 Å². The first-order chi connectivity index (χ1) is 11.4. The van der Waals surface area contributed by atoms with E-state index in [1.54, 1.807) is 48.7 Å². The van der Waals surface area contributed by atoms with Crippen molar-refractivity contribution in [2.45, 2.75) is 24.7 Å². The van der Waals surface area contributed by atoms with Gasteiger partial charge in [0.15, 0.2) is 5.75 Å². The van der Waals surface area contributed by atoms with Crippen LogP contribution in [0.2, 0.25) is 5.02 Å². The van der Waals surface area contributed by atoms with Gasteiger partial charge in [0.25, 0.3) is 0 Å². The molecule has 4 nitrogen and oxygen atoms in total. The average molecular weight is 362 g/mol. The minimum atomic E-state index is -3.94. The molecule has 3 aromatic rings. The van der Waals surface area contributed by atoms with Gasteiger partial charge < -0.3 is 4.18 Å². The second-order valence-corrected chi connectivity index (χ2v) is 7.66. The Bertz CT molecular complexity index is 983. The van der Waals surface area contributed by atoms with E-state index in [9.17, 15) is 8.42 Å². The SMILES string of the molecule is CC(C)c1ccc(S(=O)(=O)Oc2ccc(Cl)c3cccnc23)cc1. The molecule has 124 valence electrons. The van der Waals surface area contributed by atoms with E-state index in [2.05, 4.69) is 4.98 Å². The highest BCUT2D eigenvalue weighted by molar-refractivity contribution is 7.87. The third-order valence-corrected chi connectivity index (χ3v) is 5.29. The topological polar surface area (TPSA) is 56.3 Å². The Morgan fingerprint density at radius 3 is 2.42 bits per heavy atom. The molecule has 0 unspecified atom stereocenters. The lowest BCUT2D eigenvalue weighted by Gasteiger charge is -2.11. The van der Waals surface area contributed by atoms with Crippen LogP contribution in [0.4, 0.5) is 0 Å². The van der Waals surface area contributed by atoms with Crippen molar-refractivity contribution in [1.82, 2.24) is 4.98 Å². The predicted molar refractivity (Wildman–Crippen MR) is 95.1 cm³/mol. The smallest absolute Gasteiger partial charge is 0.339 e. The molecule has 0 fully saturated rings. The molecular weight excluding hydrogens is 346 g/mol. The van der Waals surface area contributed by atoms with Crippen LogP contribution in [-0.4, -0.2) is 13.4 Å². The second-order valence-electron chi connectivity index (χ2n) is 5.71. The molecule has 0 spiro atoms. The fraction of sp³-hybridized carbons (Fsp3) is 0.167. The van der Waals surface area contributed by atoms with Gasteiger partial charge in [0.1, 0.15) is 10.4 Å². The van der Waals surface area contributed by atoms with E-state index >= 15 is 0 Å². The van der Waals surface area contributed by atoms with Gasteiger partial charge in [-0.2, -0.15) is 8.42 Å². The van der Waals surface area contributed by atoms with Gasteiger partial charge in [0.05, 0.1) is 5.02 Å². The monoisotopic (exact) mass is 361 g/mol. The molecular formula is C18H16ClNO3S. The lowest BCUT2D eigenvalue weighted by Crippen LogP contribution is -2.10. The zero-order valence-electron chi connectivity index (χ0n) is 13.2. The summed E-state index contributed by atoms with van der Waals surface area (Å²) < 4.78 is 30.4.